The topological polar surface area (TPSA) is 47.3 Å². The van der Waals surface area contributed by atoms with Gasteiger partial charge in [0, 0.05) is 13.2 Å². The zero-order chi connectivity index (χ0) is 13.9. The Morgan fingerprint density at radius 2 is 2.21 bits per heavy atom. The molecule has 0 aliphatic heterocycles. The number of hydrogen-bond donors (Lipinski definition) is 1. The molecule has 1 aromatic carbocycles. The van der Waals surface area contributed by atoms with Crippen molar-refractivity contribution in [2.24, 2.45) is 7.05 Å². The van der Waals surface area contributed by atoms with Crippen LogP contribution in [0.1, 0.15) is 24.5 Å². The van der Waals surface area contributed by atoms with Gasteiger partial charge in [-0.05, 0) is 43.0 Å². The highest BCUT2D eigenvalue weighted by Gasteiger charge is 2.23. The summed E-state index contributed by atoms with van der Waals surface area (Å²) in [5, 5.41) is 14.7. The number of aliphatic hydroxyl groups is 1. The average Bonchev–Trinajstić information content (AvgIpc) is 2.82. The summed E-state index contributed by atoms with van der Waals surface area (Å²) in [6.45, 7) is 1.83. The molecule has 0 bridgehead atoms. The second-order valence-corrected chi connectivity index (χ2v) is 5.03. The molecular formula is C15H20N2O2. The zero-order valence-corrected chi connectivity index (χ0v) is 11.6. The smallest absolute Gasteiger partial charge is 0.119 e. The van der Waals surface area contributed by atoms with Gasteiger partial charge in [-0.3, -0.25) is 4.68 Å². The highest BCUT2D eigenvalue weighted by atomic mass is 16.5. The van der Waals surface area contributed by atoms with Gasteiger partial charge in [-0.2, -0.15) is 5.10 Å². The molecule has 0 aliphatic rings. The molecule has 102 valence electrons. The van der Waals surface area contributed by atoms with Crippen LogP contribution in [-0.4, -0.2) is 22.0 Å². The number of hydrogen-bond acceptors (Lipinski definition) is 3. The summed E-state index contributed by atoms with van der Waals surface area (Å²) < 4.78 is 6.97. The van der Waals surface area contributed by atoms with Crippen molar-refractivity contribution >= 4 is 0 Å². The molecule has 2 aromatic rings. The van der Waals surface area contributed by atoms with Gasteiger partial charge in [0.1, 0.15) is 5.75 Å². The van der Waals surface area contributed by atoms with E-state index in [1.165, 1.54) is 0 Å². The fraction of sp³-hybridized carbons (Fsp3) is 0.400. The number of aryl methyl sites for hydroxylation is 2. The highest BCUT2D eigenvalue weighted by Crippen LogP contribution is 2.28. The van der Waals surface area contributed by atoms with Gasteiger partial charge < -0.3 is 9.84 Å². The van der Waals surface area contributed by atoms with Crippen LogP contribution in [0.3, 0.4) is 0 Å². The van der Waals surface area contributed by atoms with Crippen molar-refractivity contribution in [2.75, 3.05) is 7.11 Å². The van der Waals surface area contributed by atoms with Gasteiger partial charge >= 0.3 is 0 Å². The Kier molecular flexibility index (Phi) is 3.90. The Morgan fingerprint density at radius 1 is 1.42 bits per heavy atom. The minimum atomic E-state index is -0.871. The summed E-state index contributed by atoms with van der Waals surface area (Å²) in [6.07, 6.45) is 5.24. The second kappa shape index (κ2) is 5.45. The Balaban J connectivity index is 2.08. The Bertz CT molecular complexity index is 547. The first-order chi connectivity index (χ1) is 9.01. The quantitative estimate of drug-likeness (QED) is 0.897. The van der Waals surface area contributed by atoms with Gasteiger partial charge in [-0.25, -0.2) is 0 Å². The largest absolute Gasteiger partial charge is 0.497 e. The monoisotopic (exact) mass is 260 g/mol. The van der Waals surface area contributed by atoms with Crippen LogP contribution in [0.2, 0.25) is 0 Å². The van der Waals surface area contributed by atoms with Gasteiger partial charge in [0.15, 0.2) is 0 Å². The van der Waals surface area contributed by atoms with Gasteiger partial charge in [-0.1, -0.05) is 12.1 Å². The third kappa shape index (κ3) is 3.35. The standard InChI is InChI=1S/C15H20N2O2/c1-15(18,8-7-12-10-16-17(2)11-12)13-5-4-6-14(9-13)19-3/h4-6,9-11,18H,7-8H2,1-3H3. The fourth-order valence-electron chi connectivity index (χ4n) is 2.09. The molecule has 1 unspecified atom stereocenters. The summed E-state index contributed by atoms with van der Waals surface area (Å²) in [4.78, 5) is 0. The number of rotatable bonds is 5. The molecule has 0 spiro atoms. The Morgan fingerprint density at radius 3 is 2.84 bits per heavy atom. The molecule has 0 fully saturated rings. The lowest BCUT2D eigenvalue weighted by Crippen LogP contribution is -2.21. The Labute approximate surface area is 113 Å². The third-order valence-electron chi connectivity index (χ3n) is 3.35. The maximum absolute atomic E-state index is 10.6. The molecule has 4 nitrogen and oxygen atoms in total. The molecule has 1 atom stereocenters. The van der Waals surface area contributed by atoms with Crippen molar-refractivity contribution in [3.05, 3.63) is 47.8 Å². The summed E-state index contributed by atoms with van der Waals surface area (Å²) in [6, 6.07) is 7.57. The summed E-state index contributed by atoms with van der Waals surface area (Å²) in [5.41, 5.74) is 1.13. The van der Waals surface area contributed by atoms with E-state index in [4.69, 9.17) is 4.74 Å². The van der Waals surface area contributed by atoms with Crippen molar-refractivity contribution in [1.29, 1.82) is 0 Å². The predicted molar refractivity (Wildman–Crippen MR) is 74.1 cm³/mol. The van der Waals surface area contributed by atoms with E-state index in [1.807, 2.05) is 50.6 Å². The van der Waals surface area contributed by atoms with Crippen LogP contribution < -0.4 is 4.74 Å². The van der Waals surface area contributed by atoms with E-state index < -0.39 is 5.60 Å². The Hall–Kier alpha value is -1.81. The molecule has 1 aromatic heterocycles. The van der Waals surface area contributed by atoms with Crippen LogP contribution in [-0.2, 0) is 19.1 Å². The molecule has 0 amide bonds. The van der Waals surface area contributed by atoms with Crippen molar-refractivity contribution in [2.45, 2.75) is 25.4 Å². The minimum absolute atomic E-state index is 0.645. The molecule has 2 rings (SSSR count). The van der Waals surface area contributed by atoms with Crippen molar-refractivity contribution in [3.63, 3.8) is 0 Å². The molecule has 1 heterocycles. The van der Waals surface area contributed by atoms with Crippen LogP contribution in [0.5, 0.6) is 5.75 Å². The SMILES string of the molecule is COc1cccc(C(C)(O)CCc2cnn(C)c2)c1. The lowest BCUT2D eigenvalue weighted by atomic mass is 9.90. The van der Waals surface area contributed by atoms with Gasteiger partial charge in [0.25, 0.3) is 0 Å². The van der Waals surface area contributed by atoms with Gasteiger partial charge in [-0.15, -0.1) is 0 Å². The van der Waals surface area contributed by atoms with Crippen LogP contribution in [0.15, 0.2) is 36.7 Å². The second-order valence-electron chi connectivity index (χ2n) is 5.03. The minimum Gasteiger partial charge on any atom is -0.497 e. The number of ether oxygens (including phenoxy) is 1. The number of aromatic nitrogens is 2. The van der Waals surface area contributed by atoms with E-state index in [9.17, 15) is 5.11 Å². The molecule has 19 heavy (non-hydrogen) atoms. The number of methoxy groups -OCH3 is 1. The number of benzene rings is 1. The van der Waals surface area contributed by atoms with E-state index in [-0.39, 0.29) is 0 Å². The van der Waals surface area contributed by atoms with Crippen molar-refractivity contribution in [1.82, 2.24) is 9.78 Å². The zero-order valence-electron chi connectivity index (χ0n) is 11.6. The molecule has 0 saturated heterocycles. The van der Waals surface area contributed by atoms with Crippen LogP contribution in [0.25, 0.3) is 0 Å². The maximum atomic E-state index is 10.6. The molecule has 0 aliphatic carbocycles. The van der Waals surface area contributed by atoms with Gasteiger partial charge in [0.05, 0.1) is 18.9 Å². The first-order valence-corrected chi connectivity index (χ1v) is 6.36. The van der Waals surface area contributed by atoms with Crippen LogP contribution >= 0.6 is 0 Å². The fourth-order valence-corrected chi connectivity index (χ4v) is 2.09. The lowest BCUT2D eigenvalue weighted by Gasteiger charge is -2.24. The third-order valence-corrected chi connectivity index (χ3v) is 3.35. The lowest BCUT2D eigenvalue weighted by molar-refractivity contribution is 0.0478. The van der Waals surface area contributed by atoms with E-state index in [2.05, 4.69) is 5.10 Å². The summed E-state index contributed by atoms with van der Waals surface area (Å²) >= 11 is 0. The van der Waals surface area contributed by atoms with E-state index in [0.29, 0.717) is 6.42 Å². The van der Waals surface area contributed by atoms with E-state index in [0.717, 1.165) is 23.3 Å². The van der Waals surface area contributed by atoms with Crippen LogP contribution in [0.4, 0.5) is 0 Å². The summed E-state index contributed by atoms with van der Waals surface area (Å²) in [7, 11) is 3.52. The molecule has 4 heteroatoms. The highest BCUT2D eigenvalue weighted by molar-refractivity contribution is 5.32. The van der Waals surface area contributed by atoms with Gasteiger partial charge in [0.2, 0.25) is 0 Å². The van der Waals surface area contributed by atoms with Crippen molar-refractivity contribution < 1.29 is 9.84 Å². The molecule has 0 saturated carbocycles. The first kappa shape index (κ1) is 13.6. The van der Waals surface area contributed by atoms with Crippen LogP contribution in [0, 0.1) is 0 Å². The van der Waals surface area contributed by atoms with E-state index in [1.54, 1.807) is 11.8 Å². The normalized spacial score (nSPS) is 14.1. The molecule has 0 radical (unpaired) electrons. The average molecular weight is 260 g/mol. The first-order valence-electron chi connectivity index (χ1n) is 6.36. The van der Waals surface area contributed by atoms with Crippen molar-refractivity contribution in [3.8, 4) is 5.75 Å². The molecular weight excluding hydrogens is 240 g/mol. The molecule has 1 N–H and O–H groups in total. The summed E-state index contributed by atoms with van der Waals surface area (Å²) in [5.74, 6) is 0.763. The number of nitrogens with zero attached hydrogens (tertiary/aromatic N) is 2. The van der Waals surface area contributed by atoms with E-state index >= 15 is 0 Å². The maximum Gasteiger partial charge on any atom is 0.119 e. The predicted octanol–water partition coefficient (Wildman–Crippen LogP) is 2.27.